The van der Waals surface area contributed by atoms with Crippen molar-refractivity contribution >= 4 is 63.9 Å². The lowest BCUT2D eigenvalue weighted by atomic mass is 10.3. The molecule has 0 unspecified atom stereocenters. The SMILES string of the molecule is Cl.[C-]#[N+]c1ccc(Sc2cnc(Nc3nc(C)cs3)c(Sc3ccccc3)c2)cc1. The minimum Gasteiger partial charge on any atom is -0.315 e. The third-order valence-electron chi connectivity index (χ3n) is 3.84. The van der Waals surface area contributed by atoms with E-state index in [1.165, 1.54) is 0 Å². The van der Waals surface area contributed by atoms with Crippen molar-refractivity contribution < 1.29 is 0 Å². The molecule has 0 aliphatic carbocycles. The fourth-order valence-electron chi connectivity index (χ4n) is 2.51. The topological polar surface area (TPSA) is 42.2 Å². The first-order valence-electron chi connectivity index (χ1n) is 8.77. The number of hydrogen-bond donors (Lipinski definition) is 1. The predicted octanol–water partition coefficient (Wildman–Crippen LogP) is 7.87. The van der Waals surface area contributed by atoms with Gasteiger partial charge in [-0.25, -0.2) is 14.8 Å². The number of anilines is 2. The van der Waals surface area contributed by atoms with Crippen molar-refractivity contribution in [1.29, 1.82) is 0 Å². The maximum absolute atomic E-state index is 7.08. The highest BCUT2D eigenvalue weighted by atomic mass is 35.5. The summed E-state index contributed by atoms with van der Waals surface area (Å²) in [6.07, 6.45) is 1.87. The highest BCUT2D eigenvalue weighted by Gasteiger charge is 2.11. The second-order valence-electron chi connectivity index (χ2n) is 6.06. The smallest absolute Gasteiger partial charge is 0.188 e. The fourth-order valence-corrected chi connectivity index (χ4v) is 5.03. The van der Waals surface area contributed by atoms with Crippen LogP contribution in [0.4, 0.5) is 16.6 Å². The highest BCUT2D eigenvalue weighted by Crippen LogP contribution is 2.38. The number of aromatic nitrogens is 2. The first-order valence-corrected chi connectivity index (χ1v) is 11.3. The Balaban J connectivity index is 0.00000256. The zero-order chi connectivity index (χ0) is 20.1. The van der Waals surface area contributed by atoms with Crippen LogP contribution in [-0.2, 0) is 0 Å². The largest absolute Gasteiger partial charge is 0.315 e. The lowest BCUT2D eigenvalue weighted by Crippen LogP contribution is -1.96. The molecule has 150 valence electrons. The van der Waals surface area contributed by atoms with Crippen molar-refractivity contribution in [1.82, 2.24) is 9.97 Å². The summed E-state index contributed by atoms with van der Waals surface area (Å²) >= 11 is 4.87. The minimum atomic E-state index is 0. The van der Waals surface area contributed by atoms with E-state index < -0.39 is 0 Å². The third-order valence-corrected chi connectivity index (χ3v) is 6.73. The van der Waals surface area contributed by atoms with Gasteiger partial charge in [0.25, 0.3) is 0 Å². The molecule has 30 heavy (non-hydrogen) atoms. The molecular formula is C22H17ClN4S3. The summed E-state index contributed by atoms with van der Waals surface area (Å²) in [5.74, 6) is 0.793. The number of pyridine rings is 1. The summed E-state index contributed by atoms with van der Waals surface area (Å²) in [5, 5.41) is 6.20. The van der Waals surface area contributed by atoms with Gasteiger partial charge in [-0.1, -0.05) is 66.0 Å². The van der Waals surface area contributed by atoms with Crippen LogP contribution in [0.1, 0.15) is 5.69 Å². The molecule has 0 aliphatic heterocycles. The van der Waals surface area contributed by atoms with Crippen molar-refractivity contribution in [3.63, 3.8) is 0 Å². The van der Waals surface area contributed by atoms with E-state index in [0.29, 0.717) is 5.69 Å². The van der Waals surface area contributed by atoms with Gasteiger partial charge >= 0.3 is 0 Å². The monoisotopic (exact) mass is 468 g/mol. The van der Waals surface area contributed by atoms with Crippen LogP contribution in [0.3, 0.4) is 0 Å². The van der Waals surface area contributed by atoms with Crippen LogP contribution in [0.5, 0.6) is 0 Å². The van der Waals surface area contributed by atoms with Gasteiger partial charge in [-0.05, 0) is 25.1 Å². The molecule has 4 nitrogen and oxygen atoms in total. The Bertz CT molecular complexity index is 1160. The predicted molar refractivity (Wildman–Crippen MR) is 129 cm³/mol. The number of hydrogen-bond acceptors (Lipinski definition) is 6. The molecule has 2 aromatic carbocycles. The van der Waals surface area contributed by atoms with Crippen molar-refractivity contribution in [3.05, 3.63) is 89.4 Å². The first kappa shape index (κ1) is 22.2. The van der Waals surface area contributed by atoms with Gasteiger partial charge < -0.3 is 5.32 Å². The first-order chi connectivity index (χ1) is 14.2. The third kappa shape index (κ3) is 5.77. The summed E-state index contributed by atoms with van der Waals surface area (Å²) in [6.45, 7) is 9.06. The molecule has 0 saturated carbocycles. The zero-order valence-electron chi connectivity index (χ0n) is 15.9. The van der Waals surface area contributed by atoms with E-state index in [1.54, 1.807) is 34.9 Å². The van der Waals surface area contributed by atoms with E-state index in [4.69, 9.17) is 6.57 Å². The van der Waals surface area contributed by atoms with Gasteiger partial charge in [0, 0.05) is 26.3 Å². The molecule has 0 atom stereocenters. The average molecular weight is 469 g/mol. The average Bonchev–Trinajstić information content (AvgIpc) is 3.16. The van der Waals surface area contributed by atoms with Crippen LogP contribution >= 0.6 is 47.3 Å². The van der Waals surface area contributed by atoms with Gasteiger partial charge in [-0.2, -0.15) is 0 Å². The lowest BCUT2D eigenvalue weighted by molar-refractivity contribution is 1.14. The molecule has 0 bridgehead atoms. The van der Waals surface area contributed by atoms with E-state index in [2.05, 4.69) is 38.3 Å². The molecule has 1 N–H and O–H groups in total. The van der Waals surface area contributed by atoms with Crippen molar-refractivity contribution in [2.45, 2.75) is 26.5 Å². The minimum absolute atomic E-state index is 0. The van der Waals surface area contributed by atoms with E-state index in [0.717, 1.165) is 36.2 Å². The Morgan fingerprint density at radius 3 is 2.37 bits per heavy atom. The maximum Gasteiger partial charge on any atom is 0.188 e. The van der Waals surface area contributed by atoms with E-state index in [1.807, 2.05) is 61.0 Å². The van der Waals surface area contributed by atoms with Gasteiger partial charge in [0.1, 0.15) is 5.82 Å². The maximum atomic E-state index is 7.08. The lowest BCUT2D eigenvalue weighted by Gasteiger charge is -2.11. The van der Waals surface area contributed by atoms with Crippen LogP contribution in [0.25, 0.3) is 4.85 Å². The highest BCUT2D eigenvalue weighted by molar-refractivity contribution is 8.00. The van der Waals surface area contributed by atoms with Gasteiger partial charge in [0.2, 0.25) is 0 Å². The normalized spacial score (nSPS) is 10.1. The molecule has 2 aromatic heterocycles. The second-order valence-corrected chi connectivity index (χ2v) is 9.18. The van der Waals surface area contributed by atoms with E-state index >= 15 is 0 Å². The summed E-state index contributed by atoms with van der Waals surface area (Å²) in [7, 11) is 0. The van der Waals surface area contributed by atoms with Gasteiger partial charge in [-0.15, -0.1) is 23.7 Å². The molecule has 4 aromatic rings. The van der Waals surface area contributed by atoms with Crippen molar-refractivity contribution in [2.24, 2.45) is 0 Å². The molecule has 0 aliphatic rings. The number of thiazole rings is 1. The number of benzene rings is 2. The van der Waals surface area contributed by atoms with Gasteiger partial charge in [-0.3, -0.25) is 0 Å². The van der Waals surface area contributed by atoms with Gasteiger partial charge in [0.05, 0.1) is 17.2 Å². The van der Waals surface area contributed by atoms with Crippen LogP contribution in [-0.4, -0.2) is 9.97 Å². The van der Waals surface area contributed by atoms with Crippen molar-refractivity contribution in [3.8, 4) is 0 Å². The molecule has 4 rings (SSSR count). The van der Waals surface area contributed by atoms with Crippen LogP contribution < -0.4 is 5.32 Å². The Morgan fingerprint density at radius 1 is 0.967 bits per heavy atom. The number of halogens is 1. The van der Waals surface area contributed by atoms with Crippen LogP contribution in [0.15, 0.2) is 91.8 Å². The van der Waals surface area contributed by atoms with E-state index in [9.17, 15) is 0 Å². The zero-order valence-corrected chi connectivity index (χ0v) is 19.2. The van der Waals surface area contributed by atoms with E-state index in [-0.39, 0.29) is 12.4 Å². The Kier molecular flexibility index (Phi) is 7.77. The Hall–Kier alpha value is -2.50. The second kappa shape index (κ2) is 10.5. The molecule has 0 fully saturated rings. The summed E-state index contributed by atoms with van der Waals surface area (Å²) in [5.41, 5.74) is 1.64. The molecule has 2 heterocycles. The number of rotatable bonds is 6. The summed E-state index contributed by atoms with van der Waals surface area (Å²) in [6, 6.07) is 20.0. The van der Waals surface area contributed by atoms with Gasteiger partial charge in [0.15, 0.2) is 10.8 Å². The summed E-state index contributed by atoms with van der Waals surface area (Å²) < 4.78 is 0. The quantitative estimate of drug-likeness (QED) is 0.291. The van der Waals surface area contributed by atoms with Crippen molar-refractivity contribution in [2.75, 3.05) is 5.32 Å². The number of nitrogens with one attached hydrogen (secondary N) is 1. The molecule has 0 spiro atoms. The number of nitrogens with zero attached hydrogens (tertiary/aromatic N) is 3. The molecule has 0 amide bonds. The fraction of sp³-hybridized carbons (Fsp3) is 0.0455. The van der Waals surface area contributed by atoms with Crippen LogP contribution in [0, 0.1) is 13.5 Å². The molecule has 0 radical (unpaired) electrons. The standard InChI is InChI=1S/C22H16N4S3.ClH/c1-15-14-27-22(25-15)26-21-20(29-17-6-4-3-5-7-17)12-19(13-24-21)28-18-10-8-16(23-2)9-11-18;/h3-14H,1H3,(H,24,25,26);1H. The van der Waals surface area contributed by atoms with Crippen LogP contribution in [0.2, 0.25) is 0 Å². The molecular weight excluding hydrogens is 452 g/mol. The Labute approximate surface area is 194 Å². The summed E-state index contributed by atoms with van der Waals surface area (Å²) in [4.78, 5) is 16.9. The Morgan fingerprint density at radius 2 is 1.70 bits per heavy atom. The number of aryl methyl sites for hydroxylation is 1. The molecule has 0 saturated heterocycles. The molecule has 8 heteroatoms.